The third-order valence-corrected chi connectivity index (χ3v) is 4.95. The molecule has 0 saturated carbocycles. The molecule has 0 atom stereocenters. The van der Waals surface area contributed by atoms with Crippen LogP contribution in [0.5, 0.6) is 0 Å². The number of hydrogen-bond acceptors (Lipinski definition) is 3. The van der Waals surface area contributed by atoms with Crippen LogP contribution in [0.1, 0.15) is 10.6 Å². The molecule has 0 spiro atoms. The Morgan fingerprint density at radius 1 is 1.21 bits per heavy atom. The minimum atomic E-state index is 0.664. The molecular weight excluding hydrogens is 316 g/mol. The second-order valence-electron chi connectivity index (χ2n) is 5.63. The lowest BCUT2D eigenvalue weighted by molar-refractivity contribution is 0.486. The minimum absolute atomic E-state index is 0.664. The molecule has 2 heterocycles. The number of aliphatic imine (C=N–C) groups is 1. The summed E-state index contributed by atoms with van der Waals surface area (Å²) >= 11 is 1.80. The van der Waals surface area contributed by atoms with Crippen molar-refractivity contribution < 1.29 is 0 Å². The molecule has 24 heavy (non-hydrogen) atoms. The molecule has 0 fully saturated rings. The summed E-state index contributed by atoms with van der Waals surface area (Å²) in [4.78, 5) is 12.5. The quantitative estimate of drug-likeness (QED) is 0.571. The fourth-order valence-corrected chi connectivity index (χ4v) is 3.41. The number of nitrogens with one attached hydrogen (secondary N) is 1. The van der Waals surface area contributed by atoms with E-state index in [1.54, 1.807) is 11.3 Å². The van der Waals surface area contributed by atoms with Crippen molar-refractivity contribution in [1.82, 2.24) is 15.2 Å². The van der Waals surface area contributed by atoms with E-state index in [-0.39, 0.29) is 0 Å². The van der Waals surface area contributed by atoms with Crippen molar-refractivity contribution >= 4 is 28.1 Å². The molecule has 2 aromatic heterocycles. The van der Waals surface area contributed by atoms with Gasteiger partial charge in [-0.05, 0) is 29.3 Å². The van der Waals surface area contributed by atoms with E-state index in [9.17, 15) is 0 Å². The Labute approximate surface area is 146 Å². The topological polar surface area (TPSA) is 40.5 Å². The van der Waals surface area contributed by atoms with Crippen LogP contribution in [0.4, 0.5) is 0 Å². The van der Waals surface area contributed by atoms with E-state index in [1.807, 2.05) is 19.3 Å². The van der Waals surface area contributed by atoms with Gasteiger partial charge >= 0.3 is 0 Å². The Bertz CT molecular complexity index is 806. The monoisotopic (exact) mass is 338 g/mol. The summed E-state index contributed by atoms with van der Waals surface area (Å²) < 4.78 is 0. The average Bonchev–Trinajstić information content (AvgIpc) is 3.14. The van der Waals surface area contributed by atoms with Crippen LogP contribution >= 0.6 is 11.3 Å². The molecule has 0 saturated heterocycles. The first kappa shape index (κ1) is 16.5. The second kappa shape index (κ2) is 7.93. The lowest BCUT2D eigenvalue weighted by Gasteiger charge is -2.22. The molecule has 0 aliphatic carbocycles. The third-order valence-electron chi connectivity index (χ3n) is 4.02. The van der Waals surface area contributed by atoms with E-state index in [0.29, 0.717) is 6.54 Å². The van der Waals surface area contributed by atoms with Crippen molar-refractivity contribution in [3.05, 3.63) is 64.6 Å². The highest BCUT2D eigenvalue weighted by atomic mass is 32.1. The van der Waals surface area contributed by atoms with E-state index in [4.69, 9.17) is 0 Å². The Kier molecular flexibility index (Phi) is 5.43. The van der Waals surface area contributed by atoms with Gasteiger partial charge in [-0.15, -0.1) is 11.3 Å². The van der Waals surface area contributed by atoms with Crippen LogP contribution in [-0.4, -0.2) is 36.5 Å². The van der Waals surface area contributed by atoms with Crippen LogP contribution in [0, 0.1) is 0 Å². The predicted octanol–water partition coefficient (Wildman–Crippen LogP) is 3.55. The van der Waals surface area contributed by atoms with Crippen molar-refractivity contribution in [1.29, 1.82) is 0 Å². The van der Waals surface area contributed by atoms with Crippen LogP contribution in [0.3, 0.4) is 0 Å². The molecule has 4 nitrogen and oxygen atoms in total. The van der Waals surface area contributed by atoms with Crippen LogP contribution in [0.2, 0.25) is 0 Å². The van der Waals surface area contributed by atoms with Crippen LogP contribution in [0.25, 0.3) is 10.8 Å². The highest BCUT2D eigenvalue weighted by Gasteiger charge is 2.08. The maximum atomic E-state index is 4.52. The average molecular weight is 338 g/mol. The van der Waals surface area contributed by atoms with E-state index in [2.05, 4.69) is 69.0 Å². The molecule has 0 aliphatic heterocycles. The smallest absolute Gasteiger partial charge is 0.193 e. The van der Waals surface area contributed by atoms with Crippen molar-refractivity contribution in [2.75, 3.05) is 20.6 Å². The fraction of sp³-hybridized carbons (Fsp3) is 0.263. The van der Waals surface area contributed by atoms with Crippen molar-refractivity contribution in [3.63, 3.8) is 0 Å². The minimum Gasteiger partial charge on any atom is -0.351 e. The van der Waals surface area contributed by atoms with E-state index >= 15 is 0 Å². The Hall–Kier alpha value is -2.40. The normalized spacial score (nSPS) is 11.7. The van der Waals surface area contributed by atoms with Crippen LogP contribution in [0.15, 0.2) is 59.0 Å². The van der Waals surface area contributed by atoms with Crippen molar-refractivity contribution in [2.24, 2.45) is 4.99 Å². The number of fused-ring (bicyclic) bond motifs is 1. The van der Waals surface area contributed by atoms with Gasteiger partial charge < -0.3 is 10.2 Å². The zero-order chi connectivity index (χ0) is 16.8. The first-order valence-corrected chi connectivity index (χ1v) is 8.92. The summed E-state index contributed by atoms with van der Waals surface area (Å²) in [5.41, 5.74) is 1.04. The summed E-state index contributed by atoms with van der Waals surface area (Å²) in [6.45, 7) is 1.60. The molecule has 0 amide bonds. The molecular formula is C19H22N4S. The summed E-state index contributed by atoms with van der Waals surface area (Å²) in [6, 6.07) is 14.6. The molecule has 3 rings (SSSR count). The van der Waals surface area contributed by atoms with Gasteiger partial charge in [-0.25, -0.2) is 0 Å². The number of guanidine groups is 1. The van der Waals surface area contributed by atoms with Crippen molar-refractivity contribution in [2.45, 2.75) is 13.0 Å². The zero-order valence-electron chi connectivity index (χ0n) is 14.1. The molecule has 0 unspecified atom stereocenters. The molecule has 124 valence electrons. The van der Waals surface area contributed by atoms with Gasteiger partial charge in [0, 0.05) is 37.1 Å². The molecule has 3 aromatic rings. The van der Waals surface area contributed by atoms with E-state index in [1.165, 1.54) is 15.6 Å². The number of hydrogen-bond donors (Lipinski definition) is 1. The van der Waals surface area contributed by atoms with E-state index < -0.39 is 0 Å². The van der Waals surface area contributed by atoms with Crippen LogP contribution < -0.4 is 5.32 Å². The molecule has 0 aliphatic rings. The van der Waals surface area contributed by atoms with Gasteiger partial charge in [0.2, 0.25) is 0 Å². The van der Waals surface area contributed by atoms with Gasteiger partial charge in [-0.3, -0.25) is 9.98 Å². The Balaban J connectivity index is 1.63. The zero-order valence-corrected chi connectivity index (χ0v) is 14.9. The number of nitrogens with zero attached hydrogens (tertiary/aromatic N) is 3. The number of thiophene rings is 1. The predicted molar refractivity (Wildman–Crippen MR) is 103 cm³/mol. The largest absolute Gasteiger partial charge is 0.351 e. The van der Waals surface area contributed by atoms with Gasteiger partial charge in [0.05, 0.1) is 12.2 Å². The van der Waals surface area contributed by atoms with E-state index in [0.717, 1.165) is 24.6 Å². The lowest BCUT2D eigenvalue weighted by Crippen LogP contribution is -2.39. The number of aromatic nitrogens is 1. The standard InChI is InChI=1S/C19H22N4S/c1-20-19(23(2)12-10-16-7-5-13-24-16)22-14-18-17-8-4-3-6-15(17)9-11-21-18/h3-9,11,13H,10,12,14H2,1-2H3,(H,20,22). The molecule has 5 heteroatoms. The van der Waals surface area contributed by atoms with Crippen LogP contribution in [-0.2, 0) is 13.0 Å². The SMILES string of the molecule is CN=C(NCc1nccc2ccccc12)N(C)CCc1cccs1. The maximum absolute atomic E-state index is 4.52. The van der Waals surface area contributed by atoms with Gasteiger partial charge in [0.25, 0.3) is 0 Å². The summed E-state index contributed by atoms with van der Waals surface area (Å²) in [5.74, 6) is 0.890. The van der Waals surface area contributed by atoms with Crippen molar-refractivity contribution in [3.8, 4) is 0 Å². The maximum Gasteiger partial charge on any atom is 0.193 e. The molecule has 0 radical (unpaired) electrons. The summed E-state index contributed by atoms with van der Waals surface area (Å²) in [6.07, 6.45) is 2.89. The first-order valence-electron chi connectivity index (χ1n) is 8.04. The molecule has 1 N–H and O–H groups in total. The Morgan fingerprint density at radius 2 is 2.08 bits per heavy atom. The highest BCUT2D eigenvalue weighted by molar-refractivity contribution is 7.09. The van der Waals surface area contributed by atoms with Gasteiger partial charge in [-0.1, -0.05) is 30.3 Å². The number of benzene rings is 1. The number of pyridine rings is 1. The summed E-state index contributed by atoms with van der Waals surface area (Å²) in [5, 5.41) is 7.94. The summed E-state index contributed by atoms with van der Waals surface area (Å²) in [7, 11) is 3.89. The van der Waals surface area contributed by atoms with Gasteiger partial charge in [0.15, 0.2) is 5.96 Å². The third kappa shape index (κ3) is 3.92. The van der Waals surface area contributed by atoms with Gasteiger partial charge in [-0.2, -0.15) is 0 Å². The fourth-order valence-electron chi connectivity index (χ4n) is 2.71. The second-order valence-corrected chi connectivity index (χ2v) is 6.66. The lowest BCUT2D eigenvalue weighted by atomic mass is 10.1. The number of rotatable bonds is 5. The first-order chi connectivity index (χ1) is 11.8. The molecule has 0 bridgehead atoms. The number of likely N-dealkylation sites (N-methyl/N-ethyl adjacent to an activating group) is 1. The Morgan fingerprint density at radius 3 is 2.88 bits per heavy atom. The van der Waals surface area contributed by atoms with Gasteiger partial charge in [0.1, 0.15) is 0 Å². The molecule has 1 aromatic carbocycles. The highest BCUT2D eigenvalue weighted by Crippen LogP contribution is 2.16.